The highest BCUT2D eigenvalue weighted by Gasteiger charge is 2.13. The number of rotatable bonds is 2. The zero-order valence-electron chi connectivity index (χ0n) is 6.07. The maximum atomic E-state index is 10.8. The van der Waals surface area contributed by atoms with E-state index in [-0.39, 0.29) is 10.7 Å². The summed E-state index contributed by atoms with van der Waals surface area (Å²) in [5.74, 6) is 0. The van der Waals surface area contributed by atoms with Crippen LogP contribution < -0.4 is 0 Å². The SMILES string of the molecule is O=Cc1cc(I)cc(S(=O)(=O)Cl)n1. The average molecular weight is 332 g/mol. The smallest absolute Gasteiger partial charge is 0.278 e. The summed E-state index contributed by atoms with van der Waals surface area (Å²) in [7, 11) is 1.19. The summed E-state index contributed by atoms with van der Waals surface area (Å²) in [6.07, 6.45) is 0.466. The molecule has 1 rings (SSSR count). The Morgan fingerprint density at radius 3 is 2.54 bits per heavy atom. The van der Waals surface area contributed by atoms with E-state index in [1.807, 2.05) is 22.6 Å². The van der Waals surface area contributed by atoms with Gasteiger partial charge >= 0.3 is 0 Å². The van der Waals surface area contributed by atoms with Gasteiger partial charge in [-0.3, -0.25) is 4.79 Å². The molecule has 0 bridgehead atoms. The highest BCUT2D eigenvalue weighted by molar-refractivity contribution is 14.1. The Morgan fingerprint density at radius 2 is 2.08 bits per heavy atom. The summed E-state index contributed by atoms with van der Waals surface area (Å²) in [6, 6.07) is 2.75. The van der Waals surface area contributed by atoms with Gasteiger partial charge in [-0.05, 0) is 34.7 Å². The van der Waals surface area contributed by atoms with E-state index in [2.05, 4.69) is 4.98 Å². The quantitative estimate of drug-likeness (QED) is 0.467. The van der Waals surface area contributed by atoms with Crippen LogP contribution in [0.15, 0.2) is 17.2 Å². The number of aldehydes is 1. The van der Waals surface area contributed by atoms with Crippen molar-refractivity contribution in [3.8, 4) is 0 Å². The van der Waals surface area contributed by atoms with Crippen molar-refractivity contribution in [2.75, 3.05) is 0 Å². The first kappa shape index (κ1) is 10.9. The monoisotopic (exact) mass is 331 g/mol. The van der Waals surface area contributed by atoms with Crippen molar-refractivity contribution in [2.24, 2.45) is 0 Å². The van der Waals surface area contributed by atoms with E-state index < -0.39 is 9.05 Å². The maximum absolute atomic E-state index is 10.8. The van der Waals surface area contributed by atoms with Crippen LogP contribution in [0.3, 0.4) is 0 Å². The molecule has 0 aliphatic rings. The molecule has 0 fully saturated rings. The minimum atomic E-state index is -3.86. The van der Waals surface area contributed by atoms with E-state index in [4.69, 9.17) is 10.7 Å². The van der Waals surface area contributed by atoms with Crippen molar-refractivity contribution in [2.45, 2.75) is 5.03 Å². The van der Waals surface area contributed by atoms with Crippen LogP contribution in [-0.2, 0) is 9.05 Å². The summed E-state index contributed by atoms with van der Waals surface area (Å²) in [4.78, 5) is 13.9. The molecule has 0 aliphatic heterocycles. The van der Waals surface area contributed by atoms with Gasteiger partial charge in [0.05, 0.1) is 0 Å². The van der Waals surface area contributed by atoms with Crippen LogP contribution in [0.1, 0.15) is 10.5 Å². The number of nitrogens with zero attached hydrogens (tertiary/aromatic N) is 1. The van der Waals surface area contributed by atoms with E-state index in [1.54, 1.807) is 0 Å². The van der Waals surface area contributed by atoms with Gasteiger partial charge in [0.15, 0.2) is 11.3 Å². The van der Waals surface area contributed by atoms with Crippen LogP contribution in [0, 0.1) is 3.57 Å². The first-order valence-electron chi connectivity index (χ1n) is 3.01. The molecule has 0 aliphatic carbocycles. The van der Waals surface area contributed by atoms with E-state index >= 15 is 0 Å². The predicted molar refractivity (Wildman–Crippen MR) is 55.4 cm³/mol. The molecule has 0 saturated carbocycles. The lowest BCUT2D eigenvalue weighted by atomic mass is 10.4. The average Bonchev–Trinajstić information content (AvgIpc) is 2.01. The van der Waals surface area contributed by atoms with Gasteiger partial charge in [-0.1, -0.05) is 0 Å². The van der Waals surface area contributed by atoms with Gasteiger partial charge in [-0.25, -0.2) is 13.4 Å². The molecule has 0 atom stereocenters. The predicted octanol–water partition coefficient (Wildman–Crippen LogP) is 1.43. The Hall–Kier alpha value is -0.210. The lowest BCUT2D eigenvalue weighted by molar-refractivity contribution is 0.111. The zero-order valence-corrected chi connectivity index (χ0v) is 9.80. The van der Waals surface area contributed by atoms with Gasteiger partial charge in [-0.15, -0.1) is 0 Å². The molecule has 4 nitrogen and oxygen atoms in total. The van der Waals surface area contributed by atoms with Crippen molar-refractivity contribution in [3.05, 3.63) is 21.4 Å². The molecule has 1 heterocycles. The van der Waals surface area contributed by atoms with Crippen LogP contribution in [0.5, 0.6) is 0 Å². The Morgan fingerprint density at radius 1 is 1.46 bits per heavy atom. The van der Waals surface area contributed by atoms with E-state index in [9.17, 15) is 13.2 Å². The second-order valence-electron chi connectivity index (χ2n) is 2.10. The van der Waals surface area contributed by atoms with Gasteiger partial charge in [0, 0.05) is 14.3 Å². The van der Waals surface area contributed by atoms with Crippen molar-refractivity contribution in [3.63, 3.8) is 0 Å². The van der Waals surface area contributed by atoms with E-state index in [0.717, 1.165) is 0 Å². The number of pyridine rings is 1. The third kappa shape index (κ3) is 2.89. The first-order chi connectivity index (χ1) is 5.93. The van der Waals surface area contributed by atoms with Gasteiger partial charge in [0.2, 0.25) is 0 Å². The zero-order chi connectivity index (χ0) is 10.1. The second-order valence-corrected chi connectivity index (χ2v) is 5.86. The molecule has 0 aromatic carbocycles. The molecule has 0 saturated heterocycles. The van der Waals surface area contributed by atoms with Crippen molar-refractivity contribution in [1.29, 1.82) is 0 Å². The van der Waals surface area contributed by atoms with Gasteiger partial charge in [0.25, 0.3) is 9.05 Å². The molecular weight excluding hydrogens is 328 g/mol. The second kappa shape index (κ2) is 3.89. The lowest BCUT2D eigenvalue weighted by Crippen LogP contribution is -1.99. The van der Waals surface area contributed by atoms with Crippen LogP contribution >= 0.6 is 33.3 Å². The van der Waals surface area contributed by atoms with Gasteiger partial charge < -0.3 is 0 Å². The molecule has 0 N–H and O–H groups in total. The van der Waals surface area contributed by atoms with Crippen molar-refractivity contribution >= 4 is 48.6 Å². The Bertz CT molecular complexity index is 445. The fourth-order valence-electron chi connectivity index (χ4n) is 0.678. The summed E-state index contributed by atoms with van der Waals surface area (Å²) in [5, 5.41) is -0.303. The third-order valence-corrected chi connectivity index (χ3v) is 2.96. The van der Waals surface area contributed by atoms with E-state index in [1.165, 1.54) is 12.1 Å². The van der Waals surface area contributed by atoms with Gasteiger partial charge in [0.1, 0.15) is 5.69 Å². The van der Waals surface area contributed by atoms with Crippen molar-refractivity contribution < 1.29 is 13.2 Å². The molecule has 70 valence electrons. The number of aromatic nitrogens is 1. The number of hydrogen-bond donors (Lipinski definition) is 0. The van der Waals surface area contributed by atoms with Crippen LogP contribution in [0.25, 0.3) is 0 Å². The minimum absolute atomic E-state index is 0.0473. The summed E-state index contributed by atoms with van der Waals surface area (Å²) in [5.41, 5.74) is 0.0473. The molecule has 13 heavy (non-hydrogen) atoms. The fraction of sp³-hybridized carbons (Fsp3) is 0. The Labute approximate surface area is 92.9 Å². The topological polar surface area (TPSA) is 64.1 Å². The van der Waals surface area contributed by atoms with Crippen LogP contribution in [0.2, 0.25) is 0 Å². The van der Waals surface area contributed by atoms with Gasteiger partial charge in [-0.2, -0.15) is 0 Å². The summed E-state index contributed by atoms with van der Waals surface area (Å²) < 4.78 is 22.3. The minimum Gasteiger partial charge on any atom is -0.296 e. The van der Waals surface area contributed by atoms with Crippen molar-refractivity contribution in [1.82, 2.24) is 4.98 Å². The summed E-state index contributed by atoms with van der Waals surface area (Å²) >= 11 is 1.87. The van der Waals surface area contributed by atoms with Crippen LogP contribution in [-0.4, -0.2) is 19.7 Å². The molecule has 0 unspecified atom stereocenters. The number of hydrogen-bond acceptors (Lipinski definition) is 4. The lowest BCUT2D eigenvalue weighted by Gasteiger charge is -1.97. The number of halogens is 2. The highest BCUT2D eigenvalue weighted by atomic mass is 127. The Kier molecular flexibility index (Phi) is 3.25. The summed E-state index contributed by atoms with van der Waals surface area (Å²) in [6.45, 7) is 0. The normalized spacial score (nSPS) is 11.2. The van der Waals surface area contributed by atoms with Crippen LogP contribution in [0.4, 0.5) is 0 Å². The molecule has 1 aromatic rings. The highest BCUT2D eigenvalue weighted by Crippen LogP contribution is 2.15. The largest absolute Gasteiger partial charge is 0.296 e. The Balaban J connectivity index is 3.41. The molecule has 7 heteroatoms. The molecule has 0 amide bonds. The molecular formula is C6H3ClINO3S. The first-order valence-corrected chi connectivity index (χ1v) is 6.40. The number of carbonyl (C=O) groups is 1. The maximum Gasteiger partial charge on any atom is 0.278 e. The fourth-order valence-corrected chi connectivity index (χ4v) is 2.22. The molecule has 1 aromatic heterocycles. The van der Waals surface area contributed by atoms with E-state index in [0.29, 0.717) is 9.86 Å². The molecule has 0 spiro atoms. The number of carbonyl (C=O) groups excluding carboxylic acids is 1. The molecule has 0 radical (unpaired) electrons. The standard InChI is InChI=1S/C6H3ClINO3S/c7-13(11,12)6-2-4(8)1-5(3-10)9-6/h1-3H. The third-order valence-electron chi connectivity index (χ3n) is 1.16.